The fraction of sp³-hybridized carbons (Fsp3) is 0.400. The Balaban J connectivity index is 1.96. The van der Waals surface area contributed by atoms with Crippen molar-refractivity contribution in [2.45, 2.75) is 38.6 Å². The predicted molar refractivity (Wildman–Crippen MR) is 84.1 cm³/mol. The number of halogens is 1. The number of aromatic nitrogens is 1. The smallest absolute Gasteiger partial charge is 0.112 e. The largest absolute Gasteiger partial charge is 0.379 e. The van der Waals surface area contributed by atoms with Crippen LogP contribution in [0, 0.1) is 0 Å². The number of benzene rings is 1. The summed E-state index contributed by atoms with van der Waals surface area (Å²) in [5.74, 6) is 0.557. The summed E-state index contributed by atoms with van der Waals surface area (Å²) in [5, 5.41) is 6.65. The quantitative estimate of drug-likeness (QED) is 0.820. The van der Waals surface area contributed by atoms with Crippen molar-refractivity contribution in [1.82, 2.24) is 4.98 Å². The van der Waals surface area contributed by atoms with Crippen molar-refractivity contribution in [2.75, 3.05) is 5.32 Å². The zero-order valence-electron chi connectivity index (χ0n) is 11.5. The van der Waals surface area contributed by atoms with Gasteiger partial charge >= 0.3 is 0 Å². The van der Waals surface area contributed by atoms with E-state index in [1.807, 2.05) is 12.1 Å². The number of nitrogens with one attached hydrogen (secondary N) is 1. The number of alkyl halides is 1. The van der Waals surface area contributed by atoms with Gasteiger partial charge in [-0.1, -0.05) is 32.9 Å². The van der Waals surface area contributed by atoms with E-state index in [2.05, 4.69) is 48.6 Å². The maximum atomic E-state index is 5.77. The molecule has 0 unspecified atom stereocenters. The number of nitrogens with zero attached hydrogens (tertiary/aromatic N) is 1. The van der Waals surface area contributed by atoms with Crippen molar-refractivity contribution < 1.29 is 0 Å². The van der Waals surface area contributed by atoms with Gasteiger partial charge in [-0.05, 0) is 17.7 Å². The van der Waals surface area contributed by atoms with Gasteiger partial charge in [-0.2, -0.15) is 0 Å². The lowest BCUT2D eigenvalue weighted by atomic mass is 9.93. The minimum atomic E-state index is 0.122. The normalized spacial score (nSPS) is 11.6. The van der Waals surface area contributed by atoms with Crippen molar-refractivity contribution in [3.8, 4) is 0 Å². The molecule has 0 aliphatic heterocycles. The Bertz CT molecular complexity index is 526. The van der Waals surface area contributed by atoms with Gasteiger partial charge < -0.3 is 5.32 Å². The highest BCUT2D eigenvalue weighted by Crippen LogP contribution is 2.24. The molecule has 2 aromatic rings. The maximum absolute atomic E-state index is 5.77. The van der Waals surface area contributed by atoms with Gasteiger partial charge in [0.1, 0.15) is 5.01 Å². The molecular weight excluding hydrogens is 276 g/mol. The van der Waals surface area contributed by atoms with Crippen LogP contribution in [0.15, 0.2) is 29.6 Å². The second-order valence-electron chi connectivity index (χ2n) is 5.56. The number of anilines is 1. The van der Waals surface area contributed by atoms with Crippen molar-refractivity contribution in [3.05, 3.63) is 45.9 Å². The third kappa shape index (κ3) is 3.95. The number of hydrogen-bond acceptors (Lipinski definition) is 3. The first-order chi connectivity index (χ1) is 8.99. The molecule has 0 saturated heterocycles. The summed E-state index contributed by atoms with van der Waals surface area (Å²) >= 11 is 7.48. The summed E-state index contributed by atoms with van der Waals surface area (Å²) in [6.07, 6.45) is 0. The molecule has 0 amide bonds. The first-order valence-electron chi connectivity index (χ1n) is 6.33. The lowest BCUT2D eigenvalue weighted by molar-refractivity contribution is 0.571. The molecule has 1 aromatic heterocycles. The summed E-state index contributed by atoms with van der Waals surface area (Å²) in [7, 11) is 0. The van der Waals surface area contributed by atoms with E-state index in [-0.39, 0.29) is 5.41 Å². The van der Waals surface area contributed by atoms with E-state index in [1.165, 1.54) is 0 Å². The molecule has 1 heterocycles. The fourth-order valence-electron chi connectivity index (χ4n) is 1.63. The molecule has 2 nitrogen and oxygen atoms in total. The Morgan fingerprint density at radius 3 is 2.42 bits per heavy atom. The molecule has 2 rings (SSSR count). The van der Waals surface area contributed by atoms with Crippen molar-refractivity contribution in [2.24, 2.45) is 0 Å². The fourth-order valence-corrected chi connectivity index (χ4v) is 2.76. The van der Waals surface area contributed by atoms with Crippen LogP contribution in [0.2, 0.25) is 0 Å². The molecule has 0 atom stereocenters. The third-order valence-corrected chi connectivity index (χ3v) is 4.03. The summed E-state index contributed by atoms with van der Waals surface area (Å²) < 4.78 is 0. The first-order valence-corrected chi connectivity index (χ1v) is 7.74. The third-order valence-electron chi connectivity index (χ3n) is 2.87. The zero-order valence-corrected chi connectivity index (χ0v) is 13.1. The van der Waals surface area contributed by atoms with Gasteiger partial charge in [0.2, 0.25) is 0 Å². The van der Waals surface area contributed by atoms with E-state index in [0.29, 0.717) is 5.88 Å². The van der Waals surface area contributed by atoms with Gasteiger partial charge in [0.05, 0.1) is 12.2 Å². The van der Waals surface area contributed by atoms with Gasteiger partial charge in [-0.15, -0.1) is 22.9 Å². The van der Waals surface area contributed by atoms with Crippen molar-refractivity contribution in [1.29, 1.82) is 0 Å². The van der Waals surface area contributed by atoms with Crippen LogP contribution >= 0.6 is 22.9 Å². The molecule has 1 aromatic carbocycles. The van der Waals surface area contributed by atoms with Crippen LogP contribution in [0.25, 0.3) is 0 Å². The van der Waals surface area contributed by atoms with Crippen molar-refractivity contribution >= 4 is 28.6 Å². The molecule has 0 fully saturated rings. The highest BCUT2D eigenvalue weighted by atomic mass is 35.5. The molecule has 19 heavy (non-hydrogen) atoms. The number of hydrogen-bond donors (Lipinski definition) is 1. The van der Waals surface area contributed by atoms with Crippen LogP contribution in [-0.2, 0) is 17.8 Å². The maximum Gasteiger partial charge on any atom is 0.112 e. The van der Waals surface area contributed by atoms with Gasteiger partial charge in [-0.25, -0.2) is 4.98 Å². The molecular formula is C15H19ClN2S. The Morgan fingerprint density at radius 2 is 1.89 bits per heavy atom. The second-order valence-corrected chi connectivity index (χ2v) is 6.77. The molecule has 4 heteroatoms. The predicted octanol–water partition coefficient (Wildman–Crippen LogP) is 4.79. The Hall–Kier alpha value is -1.06. The average Bonchev–Trinajstić information content (AvgIpc) is 2.86. The summed E-state index contributed by atoms with van der Waals surface area (Å²) in [4.78, 5) is 4.67. The monoisotopic (exact) mass is 294 g/mol. The van der Waals surface area contributed by atoms with Gasteiger partial charge in [0, 0.05) is 22.4 Å². The minimum Gasteiger partial charge on any atom is -0.379 e. The highest BCUT2D eigenvalue weighted by molar-refractivity contribution is 7.09. The Labute approximate surface area is 123 Å². The van der Waals surface area contributed by atoms with Crippen LogP contribution < -0.4 is 5.32 Å². The Kier molecular flexibility index (Phi) is 4.48. The van der Waals surface area contributed by atoms with E-state index in [1.54, 1.807) is 11.3 Å². The Morgan fingerprint density at radius 1 is 1.21 bits per heavy atom. The number of rotatable bonds is 4. The van der Waals surface area contributed by atoms with Crippen LogP contribution in [0.1, 0.15) is 37.0 Å². The van der Waals surface area contributed by atoms with Crippen LogP contribution in [0.4, 0.5) is 5.69 Å². The second kappa shape index (κ2) is 5.93. The van der Waals surface area contributed by atoms with Crippen LogP contribution in [0.5, 0.6) is 0 Å². The first kappa shape index (κ1) is 14.4. The minimum absolute atomic E-state index is 0.122. The van der Waals surface area contributed by atoms with Crippen molar-refractivity contribution in [3.63, 3.8) is 0 Å². The van der Waals surface area contributed by atoms with Gasteiger partial charge in [0.15, 0.2) is 0 Å². The van der Waals surface area contributed by atoms with Crippen LogP contribution in [0.3, 0.4) is 0 Å². The van der Waals surface area contributed by atoms with Crippen LogP contribution in [-0.4, -0.2) is 4.98 Å². The van der Waals surface area contributed by atoms with E-state index in [0.717, 1.165) is 28.5 Å². The SMILES string of the molecule is CC(C)(C)c1csc(CNc2ccc(CCl)cc2)n1. The summed E-state index contributed by atoms with van der Waals surface area (Å²) in [5.41, 5.74) is 3.51. The van der Waals surface area contributed by atoms with E-state index >= 15 is 0 Å². The molecule has 102 valence electrons. The molecule has 0 saturated carbocycles. The van der Waals surface area contributed by atoms with E-state index in [4.69, 9.17) is 11.6 Å². The molecule has 0 aliphatic carbocycles. The lowest BCUT2D eigenvalue weighted by Gasteiger charge is -2.14. The summed E-state index contributed by atoms with van der Waals surface area (Å²) in [6.45, 7) is 7.32. The summed E-state index contributed by atoms with van der Waals surface area (Å²) in [6, 6.07) is 8.18. The molecule has 0 radical (unpaired) electrons. The zero-order chi connectivity index (χ0) is 13.9. The molecule has 1 N–H and O–H groups in total. The highest BCUT2D eigenvalue weighted by Gasteiger charge is 2.17. The molecule has 0 aliphatic rings. The lowest BCUT2D eigenvalue weighted by Crippen LogP contribution is -2.11. The topological polar surface area (TPSA) is 24.9 Å². The standard InChI is InChI=1S/C15H19ClN2S/c1-15(2,3)13-10-19-14(18-13)9-17-12-6-4-11(8-16)5-7-12/h4-7,10,17H,8-9H2,1-3H3. The van der Waals surface area contributed by atoms with E-state index in [9.17, 15) is 0 Å². The van der Waals surface area contributed by atoms with E-state index < -0.39 is 0 Å². The van der Waals surface area contributed by atoms with Gasteiger partial charge in [0.25, 0.3) is 0 Å². The average molecular weight is 295 g/mol. The molecule has 0 spiro atoms. The number of thiazole rings is 1. The molecule has 0 bridgehead atoms. The van der Waals surface area contributed by atoms with Gasteiger partial charge in [-0.3, -0.25) is 0 Å².